The van der Waals surface area contributed by atoms with Crippen molar-refractivity contribution in [2.45, 2.75) is 6.36 Å². The minimum absolute atomic E-state index is 0.188. The van der Waals surface area contributed by atoms with E-state index in [-0.39, 0.29) is 12.3 Å². The maximum Gasteiger partial charge on any atom is 0.573 e. The first-order valence-electron chi connectivity index (χ1n) is 4.16. The first-order valence-corrected chi connectivity index (χ1v) is 4.96. The van der Waals surface area contributed by atoms with Gasteiger partial charge < -0.3 is 10.5 Å². The van der Waals surface area contributed by atoms with E-state index in [2.05, 4.69) is 32.5 Å². The molecule has 0 unspecified atom stereocenters. The molecule has 0 saturated heterocycles. The van der Waals surface area contributed by atoms with Crippen LogP contribution < -0.4 is 10.5 Å². The number of benzene rings is 1. The van der Waals surface area contributed by atoms with Gasteiger partial charge in [0.2, 0.25) is 0 Å². The summed E-state index contributed by atoms with van der Waals surface area (Å²) in [6.45, 7) is 0.188. The second kappa shape index (κ2) is 5.23. The zero-order valence-corrected chi connectivity index (χ0v) is 9.52. The first kappa shape index (κ1) is 12.9. The quantitative estimate of drug-likeness (QED) is 0.808. The molecule has 16 heavy (non-hydrogen) atoms. The van der Waals surface area contributed by atoms with Crippen molar-refractivity contribution in [3.63, 3.8) is 0 Å². The molecular formula is C10H7BrF3NO. The molecule has 1 rings (SSSR count). The fourth-order valence-corrected chi connectivity index (χ4v) is 1.40. The van der Waals surface area contributed by atoms with Crippen molar-refractivity contribution >= 4 is 15.9 Å². The van der Waals surface area contributed by atoms with Gasteiger partial charge in [0.05, 0.1) is 6.54 Å². The van der Waals surface area contributed by atoms with Gasteiger partial charge in [-0.15, -0.1) is 13.2 Å². The van der Waals surface area contributed by atoms with Crippen LogP contribution in [0, 0.1) is 11.8 Å². The van der Waals surface area contributed by atoms with Gasteiger partial charge in [0.15, 0.2) is 0 Å². The number of hydrogen-bond acceptors (Lipinski definition) is 2. The first-order chi connectivity index (χ1) is 7.42. The largest absolute Gasteiger partial charge is 0.573 e. The second-order valence-electron chi connectivity index (χ2n) is 2.70. The topological polar surface area (TPSA) is 35.2 Å². The Labute approximate surface area is 98.7 Å². The predicted octanol–water partition coefficient (Wildman–Crippen LogP) is 2.66. The highest BCUT2D eigenvalue weighted by Gasteiger charge is 2.31. The third kappa shape index (κ3) is 4.13. The SMILES string of the molecule is NCC#Cc1ccc(OC(F)(F)F)cc1Br. The smallest absolute Gasteiger partial charge is 0.406 e. The number of halogens is 4. The molecule has 2 nitrogen and oxygen atoms in total. The Hall–Kier alpha value is -1.19. The molecule has 0 fully saturated rings. The van der Waals surface area contributed by atoms with Crippen molar-refractivity contribution in [3.8, 4) is 17.6 Å². The molecule has 1 aromatic carbocycles. The maximum atomic E-state index is 11.9. The van der Waals surface area contributed by atoms with E-state index in [1.807, 2.05) is 0 Å². The van der Waals surface area contributed by atoms with E-state index < -0.39 is 6.36 Å². The van der Waals surface area contributed by atoms with Crippen LogP contribution in [-0.4, -0.2) is 12.9 Å². The van der Waals surface area contributed by atoms with Gasteiger partial charge in [-0.2, -0.15) is 0 Å². The van der Waals surface area contributed by atoms with Crippen LogP contribution in [-0.2, 0) is 0 Å². The standard InChI is InChI=1S/C10H7BrF3NO/c11-9-6-8(16-10(12,13)14)4-3-7(9)2-1-5-15/h3-4,6H,5,15H2. The van der Waals surface area contributed by atoms with Gasteiger partial charge in [0.25, 0.3) is 0 Å². The molecule has 86 valence electrons. The second-order valence-corrected chi connectivity index (χ2v) is 3.55. The summed E-state index contributed by atoms with van der Waals surface area (Å²) in [5.41, 5.74) is 5.73. The Morgan fingerprint density at radius 1 is 1.38 bits per heavy atom. The summed E-state index contributed by atoms with van der Waals surface area (Å²) in [6.07, 6.45) is -4.69. The lowest BCUT2D eigenvalue weighted by atomic mass is 10.2. The summed E-state index contributed by atoms with van der Waals surface area (Å²) in [5.74, 6) is 5.01. The van der Waals surface area contributed by atoms with Crippen LogP contribution >= 0.6 is 15.9 Å². The highest BCUT2D eigenvalue weighted by Crippen LogP contribution is 2.27. The normalized spacial score (nSPS) is 10.6. The van der Waals surface area contributed by atoms with Crippen molar-refractivity contribution in [1.29, 1.82) is 0 Å². The Morgan fingerprint density at radius 3 is 2.56 bits per heavy atom. The molecule has 0 aliphatic carbocycles. The van der Waals surface area contributed by atoms with Gasteiger partial charge in [-0.1, -0.05) is 11.8 Å². The van der Waals surface area contributed by atoms with Crippen molar-refractivity contribution in [3.05, 3.63) is 28.2 Å². The summed E-state index contributed by atoms with van der Waals surface area (Å²) in [4.78, 5) is 0. The van der Waals surface area contributed by atoms with Crippen molar-refractivity contribution in [1.82, 2.24) is 0 Å². The van der Waals surface area contributed by atoms with Crippen molar-refractivity contribution < 1.29 is 17.9 Å². The lowest BCUT2D eigenvalue weighted by Crippen LogP contribution is -2.17. The van der Waals surface area contributed by atoms with E-state index in [9.17, 15) is 13.2 Å². The van der Waals surface area contributed by atoms with Gasteiger partial charge in [-0.25, -0.2) is 0 Å². The summed E-state index contributed by atoms with van der Waals surface area (Å²) in [7, 11) is 0. The van der Waals surface area contributed by atoms with Crippen LogP contribution in [0.2, 0.25) is 0 Å². The van der Waals surface area contributed by atoms with E-state index in [1.165, 1.54) is 18.2 Å². The third-order valence-electron chi connectivity index (χ3n) is 1.50. The Bertz CT molecular complexity index is 434. The summed E-state index contributed by atoms with van der Waals surface area (Å²) < 4.78 is 39.8. The van der Waals surface area contributed by atoms with E-state index in [4.69, 9.17) is 5.73 Å². The van der Waals surface area contributed by atoms with Crippen LogP contribution in [0.25, 0.3) is 0 Å². The molecule has 0 aromatic heterocycles. The lowest BCUT2D eigenvalue weighted by Gasteiger charge is -2.09. The highest BCUT2D eigenvalue weighted by atomic mass is 79.9. The summed E-state index contributed by atoms with van der Waals surface area (Å²) in [5, 5.41) is 0. The molecule has 0 aliphatic heterocycles. The Balaban J connectivity index is 2.91. The van der Waals surface area contributed by atoms with E-state index in [0.29, 0.717) is 10.0 Å². The number of alkyl halides is 3. The highest BCUT2D eigenvalue weighted by molar-refractivity contribution is 9.10. The zero-order valence-electron chi connectivity index (χ0n) is 7.94. The molecule has 0 aliphatic rings. The number of nitrogens with two attached hydrogens (primary N) is 1. The van der Waals surface area contributed by atoms with Crippen LogP contribution in [0.1, 0.15) is 5.56 Å². The molecular weight excluding hydrogens is 287 g/mol. The van der Waals surface area contributed by atoms with Crippen molar-refractivity contribution in [2.24, 2.45) is 5.73 Å². The van der Waals surface area contributed by atoms with Crippen LogP contribution in [0.3, 0.4) is 0 Å². The molecule has 1 aromatic rings. The zero-order chi connectivity index (χ0) is 12.2. The summed E-state index contributed by atoms with van der Waals surface area (Å²) >= 11 is 3.09. The Kier molecular flexibility index (Phi) is 4.21. The molecule has 0 radical (unpaired) electrons. The van der Waals surface area contributed by atoms with Gasteiger partial charge in [-0.3, -0.25) is 0 Å². The number of ether oxygens (including phenoxy) is 1. The molecule has 0 spiro atoms. The Morgan fingerprint density at radius 2 is 2.06 bits per heavy atom. The van der Waals surface area contributed by atoms with Gasteiger partial charge >= 0.3 is 6.36 Å². The molecule has 0 atom stereocenters. The van der Waals surface area contributed by atoms with E-state index in [1.54, 1.807) is 0 Å². The fraction of sp³-hybridized carbons (Fsp3) is 0.200. The third-order valence-corrected chi connectivity index (χ3v) is 2.16. The van der Waals surface area contributed by atoms with Gasteiger partial charge in [0.1, 0.15) is 5.75 Å². The average molecular weight is 294 g/mol. The fourth-order valence-electron chi connectivity index (χ4n) is 0.941. The number of hydrogen-bond donors (Lipinski definition) is 1. The van der Waals surface area contributed by atoms with Crippen LogP contribution in [0.4, 0.5) is 13.2 Å². The van der Waals surface area contributed by atoms with Gasteiger partial charge in [-0.05, 0) is 34.1 Å². The minimum atomic E-state index is -4.69. The van der Waals surface area contributed by atoms with E-state index >= 15 is 0 Å². The van der Waals surface area contributed by atoms with Crippen molar-refractivity contribution in [2.75, 3.05) is 6.54 Å². The van der Waals surface area contributed by atoms with Crippen LogP contribution in [0.5, 0.6) is 5.75 Å². The van der Waals surface area contributed by atoms with Crippen LogP contribution in [0.15, 0.2) is 22.7 Å². The number of rotatable bonds is 1. The molecule has 0 amide bonds. The molecule has 0 heterocycles. The molecule has 2 N–H and O–H groups in total. The van der Waals surface area contributed by atoms with E-state index in [0.717, 1.165) is 0 Å². The predicted molar refractivity (Wildman–Crippen MR) is 56.8 cm³/mol. The molecule has 0 saturated carbocycles. The van der Waals surface area contributed by atoms with Gasteiger partial charge in [0, 0.05) is 10.0 Å². The summed E-state index contributed by atoms with van der Waals surface area (Å²) in [6, 6.07) is 3.82. The average Bonchev–Trinajstić information content (AvgIpc) is 2.14. The molecule has 0 bridgehead atoms. The lowest BCUT2D eigenvalue weighted by molar-refractivity contribution is -0.274. The minimum Gasteiger partial charge on any atom is -0.406 e. The molecule has 6 heteroatoms. The monoisotopic (exact) mass is 293 g/mol. The maximum absolute atomic E-state index is 11.9.